The van der Waals surface area contributed by atoms with E-state index in [-0.39, 0.29) is 5.78 Å². The van der Waals surface area contributed by atoms with Crippen molar-refractivity contribution >= 4 is 17.4 Å². The Bertz CT molecular complexity index is 475. The lowest BCUT2D eigenvalue weighted by Gasteiger charge is -2.30. The molecule has 1 aromatic heterocycles. The molecule has 3 atom stereocenters. The predicted octanol–water partition coefficient (Wildman–Crippen LogP) is 4.67. The van der Waals surface area contributed by atoms with Crippen molar-refractivity contribution in [1.82, 2.24) is 4.57 Å². The molecule has 0 spiro atoms. The van der Waals surface area contributed by atoms with E-state index in [2.05, 4.69) is 25.3 Å². The summed E-state index contributed by atoms with van der Waals surface area (Å²) in [6.45, 7) is 8.23. The van der Waals surface area contributed by atoms with Crippen LogP contribution < -0.4 is 0 Å². The van der Waals surface area contributed by atoms with Gasteiger partial charge < -0.3 is 4.57 Å². The molecule has 19 heavy (non-hydrogen) atoms. The second kappa shape index (κ2) is 5.70. The number of hydrogen-bond donors (Lipinski definition) is 0. The third-order valence-electron chi connectivity index (χ3n) is 4.38. The predicted molar refractivity (Wildman–Crippen MR) is 80.2 cm³/mol. The molecule has 2 rings (SSSR count). The van der Waals surface area contributed by atoms with E-state index < -0.39 is 5.38 Å². The van der Waals surface area contributed by atoms with Gasteiger partial charge >= 0.3 is 0 Å². The maximum atomic E-state index is 12.1. The van der Waals surface area contributed by atoms with Crippen molar-refractivity contribution in [3.05, 3.63) is 23.0 Å². The van der Waals surface area contributed by atoms with E-state index in [9.17, 15) is 4.79 Å². The first-order valence-corrected chi connectivity index (χ1v) is 7.72. The SMILES string of the molecule is Cc1cc(C(=O)C(C)Cl)c(C)n1C1CCCC(C)C1. The van der Waals surface area contributed by atoms with Crippen LogP contribution in [-0.4, -0.2) is 15.7 Å². The first kappa shape index (κ1) is 14.6. The lowest BCUT2D eigenvalue weighted by molar-refractivity contribution is 0.0991. The van der Waals surface area contributed by atoms with E-state index in [0.29, 0.717) is 6.04 Å². The Morgan fingerprint density at radius 2 is 2.11 bits per heavy atom. The van der Waals surface area contributed by atoms with Gasteiger partial charge in [0.15, 0.2) is 5.78 Å². The van der Waals surface area contributed by atoms with Gasteiger partial charge in [-0.15, -0.1) is 11.6 Å². The molecule has 1 heterocycles. The third-order valence-corrected chi connectivity index (χ3v) is 4.58. The van der Waals surface area contributed by atoms with Crippen molar-refractivity contribution in [3.8, 4) is 0 Å². The van der Waals surface area contributed by atoms with Crippen LogP contribution in [0.5, 0.6) is 0 Å². The highest BCUT2D eigenvalue weighted by Crippen LogP contribution is 2.35. The molecule has 1 aliphatic carbocycles. The third kappa shape index (κ3) is 2.89. The van der Waals surface area contributed by atoms with Crippen LogP contribution in [0.2, 0.25) is 0 Å². The summed E-state index contributed by atoms with van der Waals surface area (Å²) in [6, 6.07) is 2.56. The average molecular weight is 282 g/mol. The molecule has 2 nitrogen and oxygen atoms in total. The highest BCUT2D eigenvalue weighted by atomic mass is 35.5. The minimum absolute atomic E-state index is 0.0462. The van der Waals surface area contributed by atoms with Gasteiger partial charge in [0, 0.05) is 23.0 Å². The number of hydrogen-bond acceptors (Lipinski definition) is 1. The standard InChI is InChI=1S/C16H24ClNO/c1-10-6-5-7-14(8-10)18-11(2)9-15(13(18)4)16(19)12(3)17/h9-10,12,14H,5-8H2,1-4H3. The van der Waals surface area contributed by atoms with Crippen LogP contribution in [0, 0.1) is 19.8 Å². The number of alkyl halides is 1. The van der Waals surface area contributed by atoms with Crippen LogP contribution in [0.1, 0.15) is 67.3 Å². The summed E-state index contributed by atoms with van der Waals surface area (Å²) in [5.74, 6) is 0.830. The summed E-state index contributed by atoms with van der Waals surface area (Å²) in [7, 11) is 0. The number of halogens is 1. The topological polar surface area (TPSA) is 22.0 Å². The fraction of sp³-hybridized carbons (Fsp3) is 0.688. The van der Waals surface area contributed by atoms with Crippen molar-refractivity contribution < 1.29 is 4.79 Å². The maximum absolute atomic E-state index is 12.1. The largest absolute Gasteiger partial charge is 0.345 e. The van der Waals surface area contributed by atoms with Crippen molar-refractivity contribution in [3.63, 3.8) is 0 Å². The number of carbonyl (C=O) groups is 1. The maximum Gasteiger partial charge on any atom is 0.182 e. The molecule has 0 N–H and O–H groups in total. The van der Waals surface area contributed by atoms with Crippen molar-refractivity contribution in [2.75, 3.05) is 0 Å². The highest BCUT2D eigenvalue weighted by molar-refractivity contribution is 6.33. The number of aryl methyl sites for hydroxylation is 1. The Labute approximate surface area is 121 Å². The van der Waals surface area contributed by atoms with Crippen LogP contribution in [0.25, 0.3) is 0 Å². The second-order valence-corrected chi connectivity index (χ2v) is 6.72. The fourth-order valence-electron chi connectivity index (χ4n) is 3.44. The quantitative estimate of drug-likeness (QED) is 0.583. The zero-order chi connectivity index (χ0) is 14.2. The molecule has 106 valence electrons. The lowest BCUT2D eigenvalue weighted by Crippen LogP contribution is -2.20. The number of aromatic nitrogens is 1. The average Bonchev–Trinajstić information content (AvgIpc) is 2.63. The molecule has 0 radical (unpaired) electrons. The Morgan fingerprint density at radius 3 is 2.68 bits per heavy atom. The van der Waals surface area contributed by atoms with E-state index >= 15 is 0 Å². The molecule has 0 saturated heterocycles. The molecule has 0 bridgehead atoms. The number of rotatable bonds is 3. The summed E-state index contributed by atoms with van der Waals surface area (Å²) in [5, 5.41) is -0.445. The molecular weight excluding hydrogens is 258 g/mol. The number of carbonyl (C=O) groups excluding carboxylic acids is 1. The molecule has 1 aromatic rings. The molecule has 1 aliphatic rings. The lowest BCUT2D eigenvalue weighted by atomic mass is 9.86. The summed E-state index contributed by atoms with van der Waals surface area (Å²) >= 11 is 5.95. The smallest absolute Gasteiger partial charge is 0.182 e. The molecule has 1 saturated carbocycles. The zero-order valence-electron chi connectivity index (χ0n) is 12.4. The van der Waals surface area contributed by atoms with E-state index in [4.69, 9.17) is 11.6 Å². The first-order valence-electron chi connectivity index (χ1n) is 7.28. The number of ketones is 1. The molecule has 1 fully saturated rings. The highest BCUT2D eigenvalue weighted by Gasteiger charge is 2.26. The summed E-state index contributed by atoms with van der Waals surface area (Å²) in [6.07, 6.45) is 5.07. The van der Waals surface area contributed by atoms with Gasteiger partial charge in [0.1, 0.15) is 0 Å². The van der Waals surface area contributed by atoms with E-state index in [1.54, 1.807) is 6.92 Å². The minimum atomic E-state index is -0.445. The molecule has 3 heteroatoms. The first-order chi connectivity index (χ1) is 8.91. The Balaban J connectivity index is 2.34. The van der Waals surface area contributed by atoms with Crippen LogP contribution in [-0.2, 0) is 0 Å². The normalized spacial score (nSPS) is 25.3. The molecule has 0 aromatic carbocycles. The van der Waals surface area contributed by atoms with Gasteiger partial charge in [-0.1, -0.05) is 19.8 Å². The summed E-state index contributed by atoms with van der Waals surface area (Å²) in [5.41, 5.74) is 3.09. The van der Waals surface area contributed by atoms with Crippen LogP contribution in [0.4, 0.5) is 0 Å². The fourth-order valence-corrected chi connectivity index (χ4v) is 3.56. The summed E-state index contributed by atoms with van der Waals surface area (Å²) < 4.78 is 2.36. The van der Waals surface area contributed by atoms with E-state index in [1.807, 2.05) is 6.07 Å². The number of Topliss-reactive ketones (excluding diaryl/α,β-unsaturated/α-hetero) is 1. The zero-order valence-corrected chi connectivity index (χ0v) is 13.1. The Morgan fingerprint density at radius 1 is 1.42 bits per heavy atom. The molecule has 0 aliphatic heterocycles. The molecule has 3 unspecified atom stereocenters. The van der Waals surface area contributed by atoms with E-state index in [1.165, 1.54) is 31.4 Å². The molecule has 0 amide bonds. The van der Waals surface area contributed by atoms with Gasteiger partial charge in [-0.25, -0.2) is 0 Å². The van der Waals surface area contributed by atoms with E-state index in [0.717, 1.165) is 17.2 Å². The second-order valence-electron chi connectivity index (χ2n) is 6.06. The van der Waals surface area contributed by atoms with Gasteiger partial charge in [-0.3, -0.25) is 4.79 Å². The van der Waals surface area contributed by atoms with Crippen molar-refractivity contribution in [1.29, 1.82) is 0 Å². The van der Waals surface area contributed by atoms with Crippen molar-refractivity contribution in [2.45, 2.75) is 64.8 Å². The van der Waals surface area contributed by atoms with Gasteiger partial charge in [0.05, 0.1) is 5.38 Å². The summed E-state index contributed by atoms with van der Waals surface area (Å²) in [4.78, 5) is 12.1. The van der Waals surface area contributed by atoms with Gasteiger partial charge in [-0.2, -0.15) is 0 Å². The van der Waals surface area contributed by atoms with Crippen LogP contribution in [0.3, 0.4) is 0 Å². The van der Waals surface area contributed by atoms with Crippen LogP contribution >= 0.6 is 11.6 Å². The Hall–Kier alpha value is -0.760. The van der Waals surface area contributed by atoms with Gasteiger partial charge in [0.25, 0.3) is 0 Å². The van der Waals surface area contributed by atoms with Gasteiger partial charge in [0.2, 0.25) is 0 Å². The minimum Gasteiger partial charge on any atom is -0.345 e. The van der Waals surface area contributed by atoms with Gasteiger partial charge in [-0.05, 0) is 45.6 Å². The number of nitrogens with zero attached hydrogens (tertiary/aromatic N) is 1. The van der Waals surface area contributed by atoms with Crippen LogP contribution in [0.15, 0.2) is 6.07 Å². The van der Waals surface area contributed by atoms with Crippen molar-refractivity contribution in [2.24, 2.45) is 5.92 Å². The monoisotopic (exact) mass is 281 g/mol. The molecular formula is C16H24ClNO. The Kier molecular flexibility index (Phi) is 4.39.